The summed E-state index contributed by atoms with van der Waals surface area (Å²) in [4.78, 5) is 1.23. The van der Waals surface area contributed by atoms with Gasteiger partial charge in [0, 0.05) is 20.7 Å². The Balaban J connectivity index is 1.58. The molecule has 0 spiro atoms. The third kappa shape index (κ3) is 4.22. The Morgan fingerprint density at radius 1 is 0.931 bits per heavy atom. The number of nitrogens with zero attached hydrogens (tertiary/aromatic N) is 1. The molecule has 0 amide bonds. The minimum Gasteiger partial charge on any atom is -0.302 e. The molecule has 4 heteroatoms. The molecule has 0 aliphatic carbocycles. The van der Waals surface area contributed by atoms with Crippen molar-refractivity contribution in [1.29, 1.82) is 0 Å². The fourth-order valence-corrected chi connectivity index (χ4v) is 4.43. The highest BCUT2D eigenvalue weighted by Crippen LogP contribution is 2.30. The molecule has 0 aliphatic rings. The van der Waals surface area contributed by atoms with Gasteiger partial charge in [-0.25, -0.2) is 4.39 Å². The zero-order valence-electron chi connectivity index (χ0n) is 16.7. The highest BCUT2D eigenvalue weighted by atomic mass is 32.1. The highest BCUT2D eigenvalue weighted by Gasteiger charge is 2.11. The van der Waals surface area contributed by atoms with Gasteiger partial charge in [0.05, 0.1) is 12.3 Å². The number of hydrogen-bond donors (Lipinski definition) is 1. The van der Waals surface area contributed by atoms with E-state index in [9.17, 15) is 4.39 Å². The third-order valence-electron chi connectivity index (χ3n) is 4.97. The number of hydrogen-bond acceptors (Lipinski definition) is 3. The monoisotopic (exact) mass is 402 g/mol. The zero-order valence-corrected chi connectivity index (χ0v) is 17.6. The summed E-state index contributed by atoms with van der Waals surface area (Å²) in [5, 5.41) is 5.72. The van der Waals surface area contributed by atoms with E-state index in [1.54, 1.807) is 23.6 Å². The molecule has 29 heavy (non-hydrogen) atoms. The lowest BCUT2D eigenvalue weighted by molar-refractivity contribution is 0.617. The first-order chi connectivity index (χ1) is 14.0. The molecular weight excluding hydrogens is 379 g/mol. The molecule has 1 aromatic heterocycles. The molecule has 2 nitrogen and oxygen atoms in total. The number of halogens is 1. The zero-order chi connectivity index (χ0) is 20.4. The quantitative estimate of drug-likeness (QED) is 0.282. The summed E-state index contributed by atoms with van der Waals surface area (Å²) in [5.41, 5.74) is 7.56. The van der Waals surface area contributed by atoms with Crippen LogP contribution in [0.25, 0.3) is 21.2 Å². The van der Waals surface area contributed by atoms with E-state index in [0.29, 0.717) is 5.56 Å². The Hall–Kier alpha value is -2.98. The molecule has 0 saturated heterocycles. The Labute approximate surface area is 174 Å². The van der Waals surface area contributed by atoms with Crippen molar-refractivity contribution in [3.05, 3.63) is 94.1 Å². The van der Waals surface area contributed by atoms with Crippen LogP contribution in [0.5, 0.6) is 0 Å². The average molecular weight is 403 g/mol. The molecule has 146 valence electrons. The van der Waals surface area contributed by atoms with Gasteiger partial charge in [0.1, 0.15) is 5.82 Å². The number of hydrazone groups is 1. The maximum atomic E-state index is 14.5. The van der Waals surface area contributed by atoms with E-state index in [-0.39, 0.29) is 11.9 Å². The van der Waals surface area contributed by atoms with E-state index in [1.165, 1.54) is 15.0 Å². The van der Waals surface area contributed by atoms with Gasteiger partial charge < -0.3 is 5.43 Å². The lowest BCUT2D eigenvalue weighted by Gasteiger charge is -2.11. The fourth-order valence-electron chi connectivity index (χ4n) is 3.37. The number of rotatable bonds is 5. The van der Waals surface area contributed by atoms with E-state index < -0.39 is 0 Å². The molecule has 1 N–H and O–H groups in total. The van der Waals surface area contributed by atoms with Gasteiger partial charge in [0.25, 0.3) is 0 Å². The number of benzene rings is 3. The van der Waals surface area contributed by atoms with Crippen LogP contribution in [0, 0.1) is 19.7 Å². The second-order valence-corrected chi connectivity index (χ2v) is 8.48. The van der Waals surface area contributed by atoms with E-state index in [2.05, 4.69) is 47.8 Å². The van der Waals surface area contributed by atoms with Crippen molar-refractivity contribution in [1.82, 2.24) is 5.43 Å². The molecule has 1 unspecified atom stereocenters. The van der Waals surface area contributed by atoms with Crippen molar-refractivity contribution in [3.8, 4) is 11.1 Å². The second-order valence-electron chi connectivity index (χ2n) is 7.37. The molecule has 0 aliphatic heterocycles. The van der Waals surface area contributed by atoms with Gasteiger partial charge in [0.2, 0.25) is 0 Å². The van der Waals surface area contributed by atoms with Gasteiger partial charge in [-0.05, 0) is 61.5 Å². The maximum absolute atomic E-state index is 14.5. The minimum atomic E-state index is -0.213. The predicted molar refractivity (Wildman–Crippen MR) is 122 cm³/mol. The summed E-state index contributed by atoms with van der Waals surface area (Å²) in [6.07, 6.45) is 1.78. The lowest BCUT2D eigenvalue weighted by atomic mass is 9.97. The van der Waals surface area contributed by atoms with Gasteiger partial charge in [-0.2, -0.15) is 5.10 Å². The van der Waals surface area contributed by atoms with Crippen LogP contribution in [-0.4, -0.2) is 6.21 Å². The van der Waals surface area contributed by atoms with Gasteiger partial charge in [-0.3, -0.25) is 0 Å². The molecule has 4 aromatic rings. The molecule has 3 aromatic carbocycles. The summed E-state index contributed by atoms with van der Waals surface area (Å²) >= 11 is 1.77. The van der Waals surface area contributed by atoms with Crippen molar-refractivity contribution in [3.63, 3.8) is 0 Å². The largest absolute Gasteiger partial charge is 0.302 e. The number of thiophene rings is 1. The van der Waals surface area contributed by atoms with Crippen LogP contribution < -0.4 is 5.43 Å². The lowest BCUT2D eigenvalue weighted by Crippen LogP contribution is -2.11. The predicted octanol–water partition coefficient (Wildman–Crippen LogP) is 7.01. The average Bonchev–Trinajstić information content (AvgIpc) is 3.13. The molecule has 4 rings (SSSR count). The topological polar surface area (TPSA) is 24.4 Å². The first-order valence-corrected chi connectivity index (χ1v) is 10.5. The van der Waals surface area contributed by atoms with Crippen molar-refractivity contribution in [2.24, 2.45) is 5.10 Å². The van der Waals surface area contributed by atoms with Crippen LogP contribution in [0.2, 0.25) is 0 Å². The SMILES string of the molecule is Cc1ccc(-c2ccc(C)cc2/C=N/NC(C)c2cc3ccccc3s2)c(F)c1. The fraction of sp³-hybridized carbons (Fsp3) is 0.160. The smallest absolute Gasteiger partial charge is 0.131 e. The van der Waals surface area contributed by atoms with Crippen LogP contribution in [0.1, 0.15) is 34.5 Å². The van der Waals surface area contributed by atoms with Crippen molar-refractivity contribution >= 4 is 27.6 Å². The Morgan fingerprint density at radius 3 is 2.41 bits per heavy atom. The standard InChI is InChI=1S/C25H23FN2S/c1-16-8-10-21(22-11-9-17(2)13-23(22)26)20(12-16)15-27-28-18(3)25-14-19-6-4-5-7-24(19)29-25/h4-15,18,28H,1-3H3/b27-15+. The molecule has 0 saturated carbocycles. The molecule has 0 radical (unpaired) electrons. The maximum Gasteiger partial charge on any atom is 0.131 e. The molecule has 1 heterocycles. The molecular formula is C25H23FN2S. The van der Waals surface area contributed by atoms with Crippen LogP contribution in [0.15, 0.2) is 71.8 Å². The van der Waals surface area contributed by atoms with E-state index in [0.717, 1.165) is 22.3 Å². The second kappa shape index (κ2) is 8.18. The number of nitrogens with one attached hydrogen (secondary N) is 1. The highest BCUT2D eigenvalue weighted by molar-refractivity contribution is 7.19. The minimum absolute atomic E-state index is 0.0908. The van der Waals surface area contributed by atoms with Crippen molar-refractivity contribution < 1.29 is 4.39 Å². The van der Waals surface area contributed by atoms with Crippen molar-refractivity contribution in [2.45, 2.75) is 26.8 Å². The first kappa shape index (κ1) is 19.3. The Morgan fingerprint density at radius 2 is 1.66 bits per heavy atom. The first-order valence-electron chi connectivity index (χ1n) is 9.65. The van der Waals surface area contributed by atoms with E-state index in [4.69, 9.17) is 0 Å². The number of aryl methyl sites for hydroxylation is 2. The van der Waals surface area contributed by atoms with Gasteiger partial charge in [-0.15, -0.1) is 11.3 Å². The van der Waals surface area contributed by atoms with Gasteiger partial charge >= 0.3 is 0 Å². The third-order valence-corrected chi connectivity index (χ3v) is 6.26. The normalized spacial score (nSPS) is 12.6. The summed E-state index contributed by atoms with van der Waals surface area (Å²) in [5.74, 6) is -0.213. The Kier molecular flexibility index (Phi) is 5.45. The summed E-state index contributed by atoms with van der Waals surface area (Å²) in [6.45, 7) is 6.02. The van der Waals surface area contributed by atoms with Crippen LogP contribution >= 0.6 is 11.3 Å². The number of fused-ring (bicyclic) bond motifs is 1. The molecule has 0 bridgehead atoms. The molecule has 0 fully saturated rings. The Bertz CT molecular complexity index is 1160. The van der Waals surface area contributed by atoms with Crippen LogP contribution in [0.4, 0.5) is 4.39 Å². The summed E-state index contributed by atoms with van der Waals surface area (Å²) in [7, 11) is 0. The summed E-state index contributed by atoms with van der Waals surface area (Å²) in [6, 6.07) is 22.0. The summed E-state index contributed by atoms with van der Waals surface area (Å²) < 4.78 is 15.8. The van der Waals surface area contributed by atoms with Crippen molar-refractivity contribution in [2.75, 3.05) is 0 Å². The van der Waals surface area contributed by atoms with Crippen LogP contribution in [0.3, 0.4) is 0 Å². The molecule has 1 atom stereocenters. The van der Waals surface area contributed by atoms with Gasteiger partial charge in [0.15, 0.2) is 0 Å². The van der Waals surface area contributed by atoms with Crippen LogP contribution in [-0.2, 0) is 0 Å². The van der Waals surface area contributed by atoms with E-state index >= 15 is 0 Å². The van der Waals surface area contributed by atoms with E-state index in [1.807, 2.05) is 44.2 Å². The van der Waals surface area contributed by atoms with Gasteiger partial charge in [-0.1, -0.05) is 48.0 Å².